The molecular weight excluding hydrogens is 230 g/mol. The minimum absolute atomic E-state index is 0.0472. The van der Waals surface area contributed by atoms with E-state index < -0.39 is 15.6 Å². The van der Waals surface area contributed by atoms with E-state index in [1.54, 1.807) is 13.8 Å². The zero-order valence-corrected chi connectivity index (χ0v) is 11.2. The Morgan fingerprint density at radius 1 is 1.31 bits per heavy atom. The van der Waals surface area contributed by atoms with Gasteiger partial charge in [0.05, 0.1) is 6.26 Å². The lowest BCUT2D eigenvalue weighted by molar-refractivity contribution is 0.235. The van der Waals surface area contributed by atoms with Crippen molar-refractivity contribution in [1.29, 1.82) is 0 Å². The Morgan fingerprint density at radius 2 is 1.81 bits per heavy atom. The summed E-state index contributed by atoms with van der Waals surface area (Å²) in [5.41, 5.74) is -0.706. The third-order valence-electron chi connectivity index (χ3n) is 1.57. The highest BCUT2D eigenvalue weighted by molar-refractivity contribution is 7.88. The number of sulfonamides is 1. The van der Waals surface area contributed by atoms with Gasteiger partial charge in [0.2, 0.25) is 10.0 Å². The molecule has 0 aromatic rings. The van der Waals surface area contributed by atoms with Crippen molar-refractivity contribution in [3.8, 4) is 0 Å². The van der Waals surface area contributed by atoms with Crippen LogP contribution in [0.15, 0.2) is 0 Å². The van der Waals surface area contributed by atoms with Gasteiger partial charge in [-0.3, -0.25) is 0 Å². The van der Waals surface area contributed by atoms with E-state index in [9.17, 15) is 13.2 Å². The largest absolute Gasteiger partial charge is 0.336 e. The van der Waals surface area contributed by atoms with Crippen LogP contribution >= 0.6 is 0 Å². The average Bonchev–Trinajstić information content (AvgIpc) is 1.95. The van der Waals surface area contributed by atoms with Crippen LogP contribution in [0.25, 0.3) is 0 Å². The number of hydrogen-bond acceptors (Lipinski definition) is 3. The summed E-state index contributed by atoms with van der Waals surface area (Å²) >= 11 is 0. The molecule has 0 unspecified atom stereocenters. The van der Waals surface area contributed by atoms with Crippen LogP contribution in [0, 0.1) is 0 Å². The Kier molecular flexibility index (Phi) is 5.21. The van der Waals surface area contributed by atoms with Gasteiger partial charge in [0.15, 0.2) is 0 Å². The molecule has 0 aromatic carbocycles. The highest BCUT2D eigenvalue weighted by Crippen LogP contribution is 2.01. The molecule has 0 saturated carbocycles. The molecule has 0 rings (SSSR count). The maximum absolute atomic E-state index is 11.3. The Hall–Kier alpha value is -0.820. The molecule has 0 saturated heterocycles. The van der Waals surface area contributed by atoms with Crippen LogP contribution in [0.3, 0.4) is 0 Å². The van der Waals surface area contributed by atoms with Gasteiger partial charge in [0, 0.05) is 18.1 Å². The third kappa shape index (κ3) is 8.49. The molecule has 0 aromatic heterocycles. The summed E-state index contributed by atoms with van der Waals surface area (Å²) < 4.78 is 24.5. The molecule has 2 amide bonds. The fourth-order valence-corrected chi connectivity index (χ4v) is 2.23. The summed E-state index contributed by atoms with van der Waals surface area (Å²) in [6.07, 6.45) is 1.09. The molecule has 16 heavy (non-hydrogen) atoms. The molecule has 0 radical (unpaired) electrons. The number of nitrogens with one attached hydrogen (secondary N) is 3. The first-order valence-corrected chi connectivity index (χ1v) is 6.94. The average molecular weight is 251 g/mol. The summed E-state index contributed by atoms with van der Waals surface area (Å²) in [6, 6.07) is -0.260. The monoisotopic (exact) mass is 251 g/mol. The maximum Gasteiger partial charge on any atom is 0.315 e. The molecule has 96 valence electrons. The fraction of sp³-hybridized carbons (Fsp3) is 0.889. The summed E-state index contributed by atoms with van der Waals surface area (Å²) in [5.74, 6) is 0. The van der Waals surface area contributed by atoms with Crippen LogP contribution in [0.2, 0.25) is 0 Å². The smallest absolute Gasteiger partial charge is 0.315 e. The highest BCUT2D eigenvalue weighted by Gasteiger charge is 2.22. The van der Waals surface area contributed by atoms with E-state index in [0.29, 0.717) is 0 Å². The van der Waals surface area contributed by atoms with Gasteiger partial charge in [0.1, 0.15) is 0 Å². The van der Waals surface area contributed by atoms with E-state index in [4.69, 9.17) is 0 Å². The van der Waals surface area contributed by atoms with E-state index in [1.165, 1.54) is 0 Å². The van der Waals surface area contributed by atoms with Gasteiger partial charge in [-0.25, -0.2) is 17.9 Å². The van der Waals surface area contributed by atoms with Crippen molar-refractivity contribution < 1.29 is 13.2 Å². The topological polar surface area (TPSA) is 87.3 Å². The van der Waals surface area contributed by atoms with Crippen molar-refractivity contribution in [3.63, 3.8) is 0 Å². The van der Waals surface area contributed by atoms with Crippen LogP contribution in [-0.4, -0.2) is 38.8 Å². The van der Waals surface area contributed by atoms with Gasteiger partial charge in [-0.2, -0.15) is 0 Å². The number of carbonyl (C=O) groups is 1. The highest BCUT2D eigenvalue weighted by atomic mass is 32.2. The first kappa shape index (κ1) is 15.2. The minimum Gasteiger partial charge on any atom is -0.336 e. The van der Waals surface area contributed by atoms with Crippen molar-refractivity contribution >= 4 is 16.1 Å². The van der Waals surface area contributed by atoms with Crippen molar-refractivity contribution in [3.05, 3.63) is 0 Å². The van der Waals surface area contributed by atoms with Gasteiger partial charge in [-0.1, -0.05) is 0 Å². The Morgan fingerprint density at radius 3 is 2.19 bits per heavy atom. The van der Waals surface area contributed by atoms with Gasteiger partial charge in [-0.05, 0) is 27.7 Å². The predicted molar refractivity (Wildman–Crippen MR) is 63.7 cm³/mol. The first-order chi connectivity index (χ1) is 7.02. The van der Waals surface area contributed by atoms with Crippen LogP contribution in [0.1, 0.15) is 27.7 Å². The number of rotatable bonds is 5. The lowest BCUT2D eigenvalue weighted by Crippen LogP contribution is -2.53. The van der Waals surface area contributed by atoms with E-state index >= 15 is 0 Å². The lowest BCUT2D eigenvalue weighted by atomic mass is 10.1. The molecular formula is C9H21N3O3S. The van der Waals surface area contributed by atoms with Gasteiger partial charge >= 0.3 is 6.03 Å². The number of amides is 2. The molecule has 0 spiro atoms. The SMILES string of the molecule is CC(C)NC(=O)NCC(C)(C)NS(C)(=O)=O. The minimum atomic E-state index is -3.27. The summed E-state index contributed by atoms with van der Waals surface area (Å²) in [7, 11) is -3.27. The molecule has 6 nitrogen and oxygen atoms in total. The summed E-state index contributed by atoms with van der Waals surface area (Å²) in [6.45, 7) is 7.31. The van der Waals surface area contributed by atoms with Gasteiger partial charge in [0.25, 0.3) is 0 Å². The standard InChI is InChI=1S/C9H21N3O3S/c1-7(2)11-8(13)10-6-9(3,4)12-16(5,14)15/h7,12H,6H2,1-5H3,(H2,10,11,13). The number of urea groups is 1. The molecule has 0 aliphatic heterocycles. The lowest BCUT2D eigenvalue weighted by Gasteiger charge is -2.25. The van der Waals surface area contributed by atoms with Crippen molar-refractivity contribution in [2.24, 2.45) is 0 Å². The fourth-order valence-electron chi connectivity index (χ4n) is 1.15. The number of carbonyl (C=O) groups excluding carboxylic acids is 1. The Bertz CT molecular complexity index is 336. The van der Waals surface area contributed by atoms with Crippen LogP contribution in [0.4, 0.5) is 4.79 Å². The van der Waals surface area contributed by atoms with Crippen molar-refractivity contribution in [2.45, 2.75) is 39.3 Å². The van der Waals surface area contributed by atoms with Crippen molar-refractivity contribution in [2.75, 3.05) is 12.8 Å². The van der Waals surface area contributed by atoms with E-state index in [2.05, 4.69) is 15.4 Å². The Balaban J connectivity index is 4.14. The zero-order valence-electron chi connectivity index (χ0n) is 10.4. The second kappa shape index (κ2) is 5.49. The summed E-state index contributed by atoms with van der Waals surface area (Å²) in [4.78, 5) is 11.3. The number of hydrogen-bond donors (Lipinski definition) is 3. The first-order valence-electron chi connectivity index (χ1n) is 5.05. The molecule has 7 heteroatoms. The van der Waals surface area contributed by atoms with Gasteiger partial charge < -0.3 is 10.6 Å². The molecule has 0 aliphatic carbocycles. The van der Waals surface area contributed by atoms with E-state index in [1.807, 2.05) is 13.8 Å². The van der Waals surface area contributed by atoms with Crippen molar-refractivity contribution in [1.82, 2.24) is 15.4 Å². The third-order valence-corrected chi connectivity index (χ3v) is 2.50. The molecule has 0 aliphatic rings. The van der Waals surface area contributed by atoms with E-state index in [-0.39, 0.29) is 18.6 Å². The zero-order chi connectivity index (χ0) is 13.0. The van der Waals surface area contributed by atoms with E-state index in [0.717, 1.165) is 6.26 Å². The molecule has 0 atom stereocenters. The summed E-state index contributed by atoms with van der Waals surface area (Å²) in [5, 5.41) is 5.25. The maximum atomic E-state index is 11.3. The predicted octanol–water partition coefficient (Wildman–Crippen LogP) is 0.0218. The quantitative estimate of drug-likeness (QED) is 0.644. The second-order valence-corrected chi connectivity index (χ2v) is 6.49. The van der Waals surface area contributed by atoms with Crippen LogP contribution in [-0.2, 0) is 10.0 Å². The van der Waals surface area contributed by atoms with Crippen LogP contribution < -0.4 is 15.4 Å². The normalized spacial score (nSPS) is 12.6. The second-order valence-electron chi connectivity index (χ2n) is 4.74. The molecule has 0 fully saturated rings. The molecule has 0 bridgehead atoms. The van der Waals surface area contributed by atoms with Gasteiger partial charge in [-0.15, -0.1) is 0 Å². The molecule has 0 heterocycles. The van der Waals surface area contributed by atoms with Crippen LogP contribution in [0.5, 0.6) is 0 Å². The molecule has 3 N–H and O–H groups in total. The Labute approximate surface area is 97.2 Å².